The van der Waals surface area contributed by atoms with Gasteiger partial charge in [0.05, 0.1) is 0 Å². The molecule has 1 heterocycles. The number of ether oxygens (including phenoxy) is 1. The zero-order valence-corrected chi connectivity index (χ0v) is 17.0. The number of hydrogen-bond donors (Lipinski definition) is 1. The molecule has 1 N–H and O–H groups in total. The van der Waals surface area contributed by atoms with Crippen LogP contribution in [-0.4, -0.2) is 18.0 Å². The molecule has 0 aliphatic carbocycles. The fourth-order valence-corrected chi connectivity index (χ4v) is 3.88. The molecule has 2 aromatic carbocycles. The fraction of sp³-hybridized carbons (Fsp3) is 0.273. The summed E-state index contributed by atoms with van der Waals surface area (Å²) in [7, 11) is 0. The van der Waals surface area contributed by atoms with Gasteiger partial charge in [0.25, 0.3) is 5.91 Å². The van der Waals surface area contributed by atoms with Gasteiger partial charge in [-0.15, -0.1) is 11.3 Å². The minimum atomic E-state index is -0.964. The minimum Gasteiger partial charge on any atom is -0.448 e. The first kappa shape index (κ1) is 20.0. The molecule has 1 atom stereocenters. The Morgan fingerprint density at radius 1 is 1.11 bits per heavy atom. The van der Waals surface area contributed by atoms with Crippen molar-refractivity contribution in [3.63, 3.8) is 0 Å². The first-order chi connectivity index (χ1) is 13.3. The van der Waals surface area contributed by atoms with Gasteiger partial charge in [0.1, 0.15) is 10.7 Å². The van der Waals surface area contributed by atoms with Crippen LogP contribution in [0.25, 0.3) is 10.1 Å². The van der Waals surface area contributed by atoms with Gasteiger partial charge in [-0.1, -0.05) is 32.0 Å². The molecule has 0 saturated heterocycles. The van der Waals surface area contributed by atoms with Crippen LogP contribution in [0, 0.1) is 12.7 Å². The number of para-hydroxylation sites is 1. The van der Waals surface area contributed by atoms with E-state index in [0.29, 0.717) is 10.3 Å². The number of fused-ring (bicyclic) bond motifs is 1. The summed E-state index contributed by atoms with van der Waals surface area (Å²) in [6.07, 6.45) is -0.964. The van der Waals surface area contributed by atoms with Crippen LogP contribution in [0.5, 0.6) is 0 Å². The van der Waals surface area contributed by atoms with Crippen LogP contribution in [0.3, 0.4) is 0 Å². The Labute approximate surface area is 167 Å². The van der Waals surface area contributed by atoms with E-state index in [1.165, 1.54) is 30.4 Å². The van der Waals surface area contributed by atoms with E-state index in [4.69, 9.17) is 4.74 Å². The molecule has 28 heavy (non-hydrogen) atoms. The second-order valence-corrected chi connectivity index (χ2v) is 8.11. The molecule has 0 fully saturated rings. The molecular weight excluding hydrogens is 377 g/mol. The highest BCUT2D eigenvalue weighted by atomic mass is 32.1. The topological polar surface area (TPSA) is 55.4 Å². The van der Waals surface area contributed by atoms with Gasteiger partial charge in [-0.3, -0.25) is 4.79 Å². The standard InChI is InChI=1S/C22H22FNO3S/c1-12(2)17-7-5-6-13(3)20(17)24-21(25)14(4)27-22(26)19-11-15-10-16(23)8-9-18(15)28-19/h5-12,14H,1-4H3,(H,24,25)/t14-/m0/s1. The van der Waals surface area contributed by atoms with Crippen molar-refractivity contribution < 1.29 is 18.7 Å². The Bertz CT molecular complexity index is 1040. The largest absolute Gasteiger partial charge is 0.448 e. The highest BCUT2D eigenvalue weighted by Gasteiger charge is 2.22. The average molecular weight is 399 g/mol. The number of thiophene rings is 1. The van der Waals surface area contributed by atoms with Gasteiger partial charge in [0.2, 0.25) is 0 Å². The number of benzene rings is 2. The normalized spacial score (nSPS) is 12.2. The number of rotatable bonds is 5. The fourth-order valence-electron chi connectivity index (χ4n) is 2.95. The van der Waals surface area contributed by atoms with Gasteiger partial charge in [0, 0.05) is 10.4 Å². The second-order valence-electron chi connectivity index (χ2n) is 7.02. The summed E-state index contributed by atoms with van der Waals surface area (Å²) in [6.45, 7) is 7.57. The SMILES string of the molecule is Cc1cccc(C(C)C)c1NC(=O)[C@H](C)OC(=O)c1cc2cc(F)ccc2s1. The Morgan fingerprint density at radius 3 is 2.57 bits per heavy atom. The summed E-state index contributed by atoms with van der Waals surface area (Å²) in [5.41, 5.74) is 2.73. The predicted octanol–water partition coefficient (Wildman–Crippen LogP) is 5.66. The van der Waals surface area contributed by atoms with E-state index >= 15 is 0 Å². The maximum absolute atomic E-state index is 13.3. The van der Waals surface area contributed by atoms with E-state index in [1.54, 1.807) is 12.1 Å². The van der Waals surface area contributed by atoms with E-state index in [0.717, 1.165) is 21.5 Å². The molecular formula is C22H22FNO3S. The first-order valence-electron chi connectivity index (χ1n) is 9.06. The van der Waals surface area contributed by atoms with Crippen molar-refractivity contribution in [2.75, 3.05) is 5.32 Å². The van der Waals surface area contributed by atoms with Gasteiger partial charge in [-0.25, -0.2) is 9.18 Å². The highest BCUT2D eigenvalue weighted by Crippen LogP contribution is 2.29. The number of carbonyl (C=O) groups is 2. The lowest BCUT2D eigenvalue weighted by Crippen LogP contribution is -2.30. The molecule has 0 spiro atoms. The van der Waals surface area contributed by atoms with Crippen LogP contribution >= 0.6 is 11.3 Å². The van der Waals surface area contributed by atoms with Gasteiger partial charge in [0.15, 0.2) is 6.10 Å². The molecule has 3 aromatic rings. The second kappa shape index (κ2) is 8.10. The van der Waals surface area contributed by atoms with Crippen molar-refractivity contribution in [1.82, 2.24) is 0 Å². The van der Waals surface area contributed by atoms with E-state index < -0.39 is 18.0 Å². The third-order valence-electron chi connectivity index (χ3n) is 4.51. The predicted molar refractivity (Wildman–Crippen MR) is 111 cm³/mol. The lowest BCUT2D eigenvalue weighted by atomic mass is 9.98. The van der Waals surface area contributed by atoms with Crippen LogP contribution in [-0.2, 0) is 9.53 Å². The van der Waals surface area contributed by atoms with Crippen LogP contribution in [0.2, 0.25) is 0 Å². The van der Waals surface area contributed by atoms with E-state index in [-0.39, 0.29) is 11.7 Å². The summed E-state index contributed by atoms with van der Waals surface area (Å²) >= 11 is 1.21. The number of nitrogens with one attached hydrogen (secondary N) is 1. The lowest BCUT2D eigenvalue weighted by Gasteiger charge is -2.18. The number of amides is 1. The van der Waals surface area contributed by atoms with Gasteiger partial charge in [-0.2, -0.15) is 0 Å². The maximum Gasteiger partial charge on any atom is 0.349 e. The third kappa shape index (κ3) is 4.22. The lowest BCUT2D eigenvalue weighted by molar-refractivity contribution is -0.123. The Kier molecular flexibility index (Phi) is 5.79. The molecule has 0 radical (unpaired) electrons. The van der Waals surface area contributed by atoms with Crippen molar-refractivity contribution in [2.24, 2.45) is 0 Å². The molecule has 0 saturated carbocycles. The molecule has 146 valence electrons. The Morgan fingerprint density at radius 2 is 1.86 bits per heavy atom. The Hall–Kier alpha value is -2.73. The zero-order valence-electron chi connectivity index (χ0n) is 16.2. The van der Waals surface area contributed by atoms with Crippen LogP contribution < -0.4 is 5.32 Å². The molecule has 1 aromatic heterocycles. The van der Waals surface area contributed by atoms with Gasteiger partial charge >= 0.3 is 5.97 Å². The van der Waals surface area contributed by atoms with E-state index in [1.807, 2.05) is 25.1 Å². The molecule has 0 bridgehead atoms. The van der Waals surface area contributed by atoms with E-state index in [2.05, 4.69) is 19.2 Å². The quantitative estimate of drug-likeness (QED) is 0.564. The number of halogens is 1. The molecule has 0 unspecified atom stereocenters. The molecule has 4 nitrogen and oxygen atoms in total. The number of esters is 1. The number of aryl methyl sites for hydroxylation is 1. The smallest absolute Gasteiger partial charge is 0.349 e. The first-order valence-corrected chi connectivity index (χ1v) is 9.88. The van der Waals surface area contributed by atoms with Crippen LogP contribution in [0.1, 0.15) is 47.5 Å². The van der Waals surface area contributed by atoms with Gasteiger partial charge in [-0.05, 0) is 60.5 Å². The molecule has 0 aliphatic rings. The summed E-state index contributed by atoms with van der Waals surface area (Å²) in [6, 6.07) is 11.8. The number of carbonyl (C=O) groups excluding carboxylic acids is 2. The van der Waals surface area contributed by atoms with E-state index in [9.17, 15) is 14.0 Å². The summed E-state index contributed by atoms with van der Waals surface area (Å²) in [5.74, 6) is -1.11. The molecule has 0 aliphatic heterocycles. The highest BCUT2D eigenvalue weighted by molar-refractivity contribution is 7.20. The van der Waals surface area contributed by atoms with Crippen molar-refractivity contribution in [3.05, 3.63) is 64.3 Å². The molecule has 3 rings (SSSR count). The molecule has 1 amide bonds. The van der Waals surface area contributed by atoms with Gasteiger partial charge < -0.3 is 10.1 Å². The summed E-state index contributed by atoms with van der Waals surface area (Å²) in [4.78, 5) is 25.3. The third-order valence-corrected chi connectivity index (χ3v) is 5.60. The molecule has 6 heteroatoms. The number of hydrogen-bond acceptors (Lipinski definition) is 4. The summed E-state index contributed by atoms with van der Waals surface area (Å²) < 4.78 is 19.4. The summed E-state index contributed by atoms with van der Waals surface area (Å²) in [5, 5.41) is 3.52. The number of anilines is 1. The average Bonchev–Trinajstić information content (AvgIpc) is 3.06. The van der Waals surface area contributed by atoms with Crippen molar-refractivity contribution in [3.8, 4) is 0 Å². The van der Waals surface area contributed by atoms with Crippen LogP contribution in [0.15, 0.2) is 42.5 Å². The minimum absolute atomic E-state index is 0.243. The maximum atomic E-state index is 13.3. The van der Waals surface area contributed by atoms with Crippen molar-refractivity contribution >= 4 is 39.0 Å². The van der Waals surface area contributed by atoms with Crippen molar-refractivity contribution in [1.29, 1.82) is 0 Å². The van der Waals surface area contributed by atoms with Crippen molar-refractivity contribution in [2.45, 2.75) is 39.7 Å². The van der Waals surface area contributed by atoms with Crippen LogP contribution in [0.4, 0.5) is 10.1 Å². The zero-order chi connectivity index (χ0) is 20.4. The monoisotopic (exact) mass is 399 g/mol. The Balaban J connectivity index is 1.72.